The van der Waals surface area contributed by atoms with Crippen molar-refractivity contribution in [2.75, 3.05) is 6.61 Å². The maximum absolute atomic E-state index is 14.0. The first-order chi connectivity index (χ1) is 10.0. The number of carboxylic acids is 1. The van der Waals surface area contributed by atoms with Crippen LogP contribution < -0.4 is 0 Å². The molecule has 0 aliphatic rings. The molecule has 0 amide bonds. The molecule has 0 spiro atoms. The fraction of sp³-hybridized carbons (Fsp3) is 0.133. The van der Waals surface area contributed by atoms with Gasteiger partial charge >= 0.3 is 11.9 Å². The number of hydrogen-bond donors (Lipinski definition) is 1. The molecule has 5 nitrogen and oxygen atoms in total. The first-order valence-corrected chi connectivity index (χ1v) is 6.20. The van der Waals surface area contributed by atoms with Crippen molar-refractivity contribution in [2.24, 2.45) is 0 Å². The minimum absolute atomic E-state index is 0.0409. The summed E-state index contributed by atoms with van der Waals surface area (Å²) in [4.78, 5) is 26.6. The van der Waals surface area contributed by atoms with Crippen molar-refractivity contribution < 1.29 is 23.8 Å². The molecule has 0 fully saturated rings. The van der Waals surface area contributed by atoms with Gasteiger partial charge in [-0.15, -0.1) is 0 Å². The third-order valence-electron chi connectivity index (χ3n) is 2.78. The van der Waals surface area contributed by atoms with Crippen LogP contribution in [0.5, 0.6) is 0 Å². The largest absolute Gasteiger partial charge is 0.478 e. The van der Waals surface area contributed by atoms with E-state index in [-0.39, 0.29) is 29.0 Å². The Kier molecular flexibility index (Phi) is 4.27. The van der Waals surface area contributed by atoms with Gasteiger partial charge in [0.2, 0.25) is 0 Å². The van der Waals surface area contributed by atoms with Crippen LogP contribution in [0.15, 0.2) is 36.5 Å². The Bertz CT molecular complexity index is 700. The van der Waals surface area contributed by atoms with Crippen molar-refractivity contribution in [3.05, 3.63) is 53.5 Å². The summed E-state index contributed by atoms with van der Waals surface area (Å²) >= 11 is 0. The second kappa shape index (κ2) is 6.13. The lowest BCUT2D eigenvalue weighted by atomic mass is 10.0. The molecule has 0 bridgehead atoms. The van der Waals surface area contributed by atoms with Crippen LogP contribution in [0.4, 0.5) is 4.39 Å². The monoisotopic (exact) mass is 289 g/mol. The van der Waals surface area contributed by atoms with E-state index in [2.05, 4.69) is 4.98 Å². The summed E-state index contributed by atoms with van der Waals surface area (Å²) in [6, 6.07) is 6.62. The van der Waals surface area contributed by atoms with Crippen LogP contribution in [0.1, 0.15) is 27.6 Å². The number of hydrogen-bond acceptors (Lipinski definition) is 4. The van der Waals surface area contributed by atoms with Gasteiger partial charge < -0.3 is 9.84 Å². The average Bonchev–Trinajstić information content (AvgIpc) is 2.47. The van der Waals surface area contributed by atoms with Gasteiger partial charge in [-0.3, -0.25) is 4.98 Å². The van der Waals surface area contributed by atoms with Crippen molar-refractivity contribution in [1.29, 1.82) is 0 Å². The van der Waals surface area contributed by atoms with Gasteiger partial charge in [0.05, 0.1) is 23.4 Å². The number of carboxylic acid groups (broad SMARTS) is 1. The Labute approximate surface area is 120 Å². The van der Waals surface area contributed by atoms with Crippen molar-refractivity contribution in [3.63, 3.8) is 0 Å². The molecule has 0 saturated carbocycles. The molecule has 0 radical (unpaired) electrons. The van der Waals surface area contributed by atoms with Crippen LogP contribution in [0, 0.1) is 5.82 Å². The van der Waals surface area contributed by atoms with E-state index >= 15 is 0 Å². The Morgan fingerprint density at radius 3 is 2.67 bits per heavy atom. The summed E-state index contributed by atoms with van der Waals surface area (Å²) in [5.74, 6) is -2.71. The van der Waals surface area contributed by atoms with E-state index in [0.29, 0.717) is 0 Å². The molecule has 0 unspecified atom stereocenters. The lowest BCUT2D eigenvalue weighted by Gasteiger charge is -2.07. The highest BCUT2D eigenvalue weighted by atomic mass is 19.1. The summed E-state index contributed by atoms with van der Waals surface area (Å²) in [5, 5.41) is 9.10. The molecule has 2 aromatic rings. The van der Waals surface area contributed by atoms with E-state index in [1.54, 1.807) is 6.92 Å². The van der Waals surface area contributed by atoms with Gasteiger partial charge in [0.15, 0.2) is 0 Å². The maximum atomic E-state index is 14.0. The lowest BCUT2D eigenvalue weighted by molar-refractivity contribution is 0.0520. The Morgan fingerprint density at radius 1 is 1.29 bits per heavy atom. The van der Waals surface area contributed by atoms with Crippen LogP contribution in [0.3, 0.4) is 0 Å². The molecule has 21 heavy (non-hydrogen) atoms. The fourth-order valence-corrected chi connectivity index (χ4v) is 1.84. The number of carbonyl (C=O) groups excluding carboxylic acids is 1. The third-order valence-corrected chi connectivity index (χ3v) is 2.78. The van der Waals surface area contributed by atoms with E-state index in [1.165, 1.54) is 30.5 Å². The highest BCUT2D eigenvalue weighted by Gasteiger charge is 2.17. The molecule has 0 aliphatic heterocycles. The van der Waals surface area contributed by atoms with Crippen LogP contribution in [-0.2, 0) is 4.74 Å². The van der Waals surface area contributed by atoms with Crippen LogP contribution in [-0.4, -0.2) is 28.6 Å². The summed E-state index contributed by atoms with van der Waals surface area (Å²) in [6.45, 7) is 1.76. The first kappa shape index (κ1) is 14.6. The number of rotatable bonds is 4. The van der Waals surface area contributed by atoms with E-state index in [4.69, 9.17) is 9.84 Å². The maximum Gasteiger partial charge on any atom is 0.341 e. The van der Waals surface area contributed by atoms with Gasteiger partial charge in [0.25, 0.3) is 0 Å². The lowest BCUT2D eigenvalue weighted by Crippen LogP contribution is -2.07. The number of nitrogens with zero attached hydrogens (tertiary/aromatic N) is 1. The second-order valence-electron chi connectivity index (χ2n) is 4.12. The van der Waals surface area contributed by atoms with Crippen molar-refractivity contribution in [2.45, 2.75) is 6.92 Å². The zero-order valence-electron chi connectivity index (χ0n) is 11.2. The Balaban J connectivity index is 2.46. The van der Waals surface area contributed by atoms with Crippen LogP contribution in [0.25, 0.3) is 11.3 Å². The number of ether oxygens (including phenoxy) is 1. The number of halogens is 1. The van der Waals surface area contributed by atoms with Crippen LogP contribution in [0.2, 0.25) is 0 Å². The van der Waals surface area contributed by atoms with Crippen molar-refractivity contribution in [3.8, 4) is 11.3 Å². The van der Waals surface area contributed by atoms with Gasteiger partial charge in [-0.25, -0.2) is 14.0 Å². The van der Waals surface area contributed by atoms with E-state index in [1.807, 2.05) is 0 Å². The molecule has 1 heterocycles. The zero-order chi connectivity index (χ0) is 15.4. The molecule has 1 N–H and O–H groups in total. The van der Waals surface area contributed by atoms with Gasteiger partial charge in [-0.1, -0.05) is 6.07 Å². The summed E-state index contributed by atoms with van der Waals surface area (Å²) in [5.41, 5.74) is 0.173. The Hall–Kier alpha value is -2.76. The van der Waals surface area contributed by atoms with Gasteiger partial charge in [0, 0.05) is 11.8 Å². The van der Waals surface area contributed by atoms with Crippen LogP contribution >= 0.6 is 0 Å². The predicted molar refractivity (Wildman–Crippen MR) is 72.5 cm³/mol. The third kappa shape index (κ3) is 3.05. The average molecular weight is 289 g/mol. The van der Waals surface area contributed by atoms with Gasteiger partial charge in [-0.05, 0) is 31.2 Å². The van der Waals surface area contributed by atoms with E-state index in [9.17, 15) is 14.0 Å². The minimum atomic E-state index is -1.16. The molecule has 1 aromatic carbocycles. The second-order valence-corrected chi connectivity index (χ2v) is 4.12. The van der Waals surface area contributed by atoms with Crippen molar-refractivity contribution >= 4 is 11.9 Å². The zero-order valence-corrected chi connectivity index (χ0v) is 11.2. The fourth-order valence-electron chi connectivity index (χ4n) is 1.84. The summed E-state index contributed by atoms with van der Waals surface area (Å²) < 4.78 is 18.7. The quantitative estimate of drug-likeness (QED) is 0.876. The van der Waals surface area contributed by atoms with Crippen molar-refractivity contribution in [1.82, 2.24) is 4.98 Å². The molecule has 108 valence electrons. The number of benzene rings is 1. The molecule has 2 rings (SSSR count). The highest BCUT2D eigenvalue weighted by molar-refractivity contribution is 5.95. The predicted octanol–water partition coefficient (Wildman–Crippen LogP) is 2.76. The number of aromatic carboxylic acids is 1. The number of carbonyl (C=O) groups is 2. The molecule has 1 aromatic heterocycles. The summed E-state index contributed by atoms with van der Waals surface area (Å²) in [7, 11) is 0. The van der Waals surface area contributed by atoms with Gasteiger partial charge in [-0.2, -0.15) is 0 Å². The number of esters is 1. The molecule has 0 saturated heterocycles. The van der Waals surface area contributed by atoms with E-state index < -0.39 is 17.8 Å². The van der Waals surface area contributed by atoms with Gasteiger partial charge in [0.1, 0.15) is 5.82 Å². The topological polar surface area (TPSA) is 76.5 Å². The highest BCUT2D eigenvalue weighted by Crippen LogP contribution is 2.24. The molecule has 0 atom stereocenters. The minimum Gasteiger partial charge on any atom is -0.478 e. The SMILES string of the molecule is CCOC(=O)c1ccc(-c2ncccc2C(=O)O)cc1F. The van der Waals surface area contributed by atoms with E-state index in [0.717, 1.165) is 6.07 Å². The molecular weight excluding hydrogens is 277 g/mol. The molecule has 0 aliphatic carbocycles. The summed E-state index contributed by atoms with van der Waals surface area (Å²) in [6.07, 6.45) is 1.42. The number of aromatic nitrogens is 1. The Morgan fingerprint density at radius 2 is 2.05 bits per heavy atom. The molecular formula is C15H12FNO4. The number of pyridine rings is 1. The molecule has 6 heteroatoms. The standard InChI is InChI=1S/C15H12FNO4/c1-2-21-15(20)10-6-5-9(8-12(10)16)13-11(14(18)19)4-3-7-17-13/h3-8H,2H2,1H3,(H,18,19). The first-order valence-electron chi connectivity index (χ1n) is 6.20. The normalized spacial score (nSPS) is 10.2. The smallest absolute Gasteiger partial charge is 0.341 e.